The molecule has 0 bridgehead atoms. The van der Waals surface area contributed by atoms with Crippen LogP contribution in [0.25, 0.3) is 0 Å². The number of amides is 1. The number of nitrogens with zero attached hydrogens (tertiary/aromatic N) is 1. The number of carbonyl (C=O) groups excluding carboxylic acids is 1. The summed E-state index contributed by atoms with van der Waals surface area (Å²) < 4.78 is 5.55. The molecule has 0 radical (unpaired) electrons. The summed E-state index contributed by atoms with van der Waals surface area (Å²) in [6.45, 7) is 6.97. The number of hydrogen-bond acceptors (Lipinski definition) is 4. The molecular formula is C15H25N3O2. The van der Waals surface area contributed by atoms with Gasteiger partial charge >= 0.3 is 0 Å². The second kappa shape index (κ2) is 8.55. The Morgan fingerprint density at radius 1 is 1.35 bits per heavy atom. The maximum Gasteiger partial charge on any atom is 0.231 e. The van der Waals surface area contributed by atoms with Gasteiger partial charge in [-0.25, -0.2) is 0 Å². The van der Waals surface area contributed by atoms with Crippen molar-refractivity contribution in [2.45, 2.75) is 20.4 Å². The van der Waals surface area contributed by atoms with Crippen LogP contribution in [0.15, 0.2) is 24.3 Å². The Morgan fingerprint density at radius 2 is 2.05 bits per heavy atom. The van der Waals surface area contributed by atoms with E-state index in [9.17, 15) is 4.79 Å². The summed E-state index contributed by atoms with van der Waals surface area (Å²) in [7, 11) is 0. The average molecular weight is 279 g/mol. The van der Waals surface area contributed by atoms with Crippen LogP contribution in [0, 0.1) is 5.92 Å². The third-order valence-electron chi connectivity index (χ3n) is 2.83. The number of benzene rings is 1. The summed E-state index contributed by atoms with van der Waals surface area (Å²) >= 11 is 0. The third-order valence-corrected chi connectivity index (χ3v) is 2.83. The summed E-state index contributed by atoms with van der Waals surface area (Å²) in [5.41, 5.74) is 12.9. The van der Waals surface area contributed by atoms with Crippen molar-refractivity contribution in [3.63, 3.8) is 0 Å². The Bertz CT molecular complexity index is 421. The summed E-state index contributed by atoms with van der Waals surface area (Å²) in [6, 6.07) is 7.64. The topological polar surface area (TPSA) is 81.6 Å². The number of nitrogen functional groups attached to an aromatic ring is 1. The van der Waals surface area contributed by atoms with Gasteiger partial charge in [-0.15, -0.1) is 0 Å². The van der Waals surface area contributed by atoms with Crippen LogP contribution < -0.4 is 11.5 Å². The molecule has 0 aliphatic carbocycles. The molecule has 5 nitrogen and oxygen atoms in total. The molecule has 20 heavy (non-hydrogen) atoms. The van der Waals surface area contributed by atoms with Crippen LogP contribution in [-0.2, 0) is 16.1 Å². The Morgan fingerprint density at radius 3 is 2.65 bits per heavy atom. The van der Waals surface area contributed by atoms with E-state index in [4.69, 9.17) is 16.2 Å². The molecule has 0 aliphatic rings. The predicted octanol–water partition coefficient (Wildman–Crippen LogP) is 1.23. The molecule has 0 atom stereocenters. The van der Waals surface area contributed by atoms with E-state index in [-0.39, 0.29) is 12.5 Å². The highest BCUT2D eigenvalue weighted by Gasteiger charge is 2.10. The number of primary amides is 1. The van der Waals surface area contributed by atoms with Crippen LogP contribution in [-0.4, -0.2) is 37.1 Å². The fourth-order valence-electron chi connectivity index (χ4n) is 1.87. The number of nitrogens with two attached hydrogens (primary N) is 2. The van der Waals surface area contributed by atoms with E-state index in [2.05, 4.69) is 13.8 Å². The first-order chi connectivity index (χ1) is 9.49. The van der Waals surface area contributed by atoms with Gasteiger partial charge in [0.15, 0.2) is 0 Å². The lowest BCUT2D eigenvalue weighted by molar-refractivity contribution is -0.119. The van der Waals surface area contributed by atoms with Gasteiger partial charge in [-0.1, -0.05) is 32.0 Å². The van der Waals surface area contributed by atoms with Gasteiger partial charge in [0.2, 0.25) is 5.91 Å². The Hall–Kier alpha value is -1.59. The zero-order valence-corrected chi connectivity index (χ0v) is 12.3. The number of rotatable bonds is 9. The van der Waals surface area contributed by atoms with E-state index in [1.54, 1.807) is 0 Å². The standard InChI is InChI=1S/C15H25N3O2/c1-12(2)11-20-8-7-18(10-15(17)19)9-13-5-3-4-6-14(13)16/h3-6,12H,7-11,16H2,1-2H3,(H2,17,19). The fraction of sp³-hybridized carbons (Fsp3) is 0.533. The van der Waals surface area contributed by atoms with Crippen molar-refractivity contribution in [1.82, 2.24) is 4.90 Å². The van der Waals surface area contributed by atoms with Gasteiger partial charge in [-0.05, 0) is 17.5 Å². The molecule has 5 heteroatoms. The third kappa shape index (κ3) is 6.54. The first-order valence-electron chi connectivity index (χ1n) is 6.90. The van der Waals surface area contributed by atoms with E-state index >= 15 is 0 Å². The number of anilines is 1. The minimum atomic E-state index is -0.344. The second-order valence-electron chi connectivity index (χ2n) is 5.34. The first kappa shape index (κ1) is 16.5. The molecule has 4 N–H and O–H groups in total. The van der Waals surface area contributed by atoms with Crippen LogP contribution in [0.1, 0.15) is 19.4 Å². The number of carbonyl (C=O) groups is 1. The number of para-hydroxylation sites is 1. The van der Waals surface area contributed by atoms with Crippen molar-refractivity contribution in [1.29, 1.82) is 0 Å². The van der Waals surface area contributed by atoms with Crippen LogP contribution in [0.3, 0.4) is 0 Å². The monoisotopic (exact) mass is 279 g/mol. The molecule has 1 aromatic carbocycles. The van der Waals surface area contributed by atoms with Crippen molar-refractivity contribution in [2.24, 2.45) is 11.7 Å². The Balaban J connectivity index is 2.51. The molecule has 1 aromatic rings. The fourth-order valence-corrected chi connectivity index (χ4v) is 1.87. The van der Waals surface area contributed by atoms with Crippen LogP contribution in [0.5, 0.6) is 0 Å². The Labute approximate surface area is 120 Å². The molecule has 0 saturated heterocycles. The van der Waals surface area contributed by atoms with Crippen molar-refractivity contribution in [3.8, 4) is 0 Å². The molecule has 0 aliphatic heterocycles. The molecule has 0 aromatic heterocycles. The molecule has 112 valence electrons. The summed E-state index contributed by atoms with van der Waals surface area (Å²) in [6.07, 6.45) is 0. The minimum absolute atomic E-state index is 0.208. The zero-order valence-electron chi connectivity index (χ0n) is 12.3. The van der Waals surface area contributed by atoms with Gasteiger partial charge < -0.3 is 16.2 Å². The molecule has 0 unspecified atom stereocenters. The van der Waals surface area contributed by atoms with Gasteiger partial charge in [0.25, 0.3) is 0 Å². The SMILES string of the molecule is CC(C)COCCN(CC(N)=O)Cc1ccccc1N. The summed E-state index contributed by atoms with van der Waals surface area (Å²) in [4.78, 5) is 13.1. The van der Waals surface area contributed by atoms with Gasteiger partial charge in [0, 0.05) is 25.4 Å². The van der Waals surface area contributed by atoms with Gasteiger partial charge in [0.05, 0.1) is 13.2 Å². The van der Waals surface area contributed by atoms with Crippen LogP contribution in [0.4, 0.5) is 5.69 Å². The average Bonchev–Trinajstić information content (AvgIpc) is 2.36. The lowest BCUT2D eigenvalue weighted by Gasteiger charge is -2.21. The molecule has 0 heterocycles. The lowest BCUT2D eigenvalue weighted by atomic mass is 10.1. The largest absolute Gasteiger partial charge is 0.398 e. The number of ether oxygens (including phenoxy) is 1. The highest BCUT2D eigenvalue weighted by Crippen LogP contribution is 2.13. The van der Waals surface area contributed by atoms with E-state index in [0.29, 0.717) is 25.6 Å². The van der Waals surface area contributed by atoms with Crippen LogP contribution >= 0.6 is 0 Å². The maximum atomic E-state index is 11.1. The zero-order chi connectivity index (χ0) is 15.0. The van der Waals surface area contributed by atoms with Gasteiger partial charge in [-0.3, -0.25) is 9.69 Å². The lowest BCUT2D eigenvalue weighted by Crippen LogP contribution is -2.36. The summed E-state index contributed by atoms with van der Waals surface area (Å²) in [5, 5.41) is 0. The van der Waals surface area contributed by atoms with E-state index in [1.165, 1.54) is 0 Å². The molecule has 1 amide bonds. The predicted molar refractivity (Wildman–Crippen MR) is 81.0 cm³/mol. The smallest absolute Gasteiger partial charge is 0.231 e. The molecule has 0 saturated carbocycles. The molecular weight excluding hydrogens is 254 g/mol. The van der Waals surface area contributed by atoms with Crippen LogP contribution in [0.2, 0.25) is 0 Å². The van der Waals surface area contributed by atoms with Crippen molar-refractivity contribution >= 4 is 11.6 Å². The van der Waals surface area contributed by atoms with E-state index in [0.717, 1.165) is 17.9 Å². The quantitative estimate of drug-likeness (QED) is 0.526. The molecule has 0 spiro atoms. The first-order valence-corrected chi connectivity index (χ1v) is 6.90. The second-order valence-corrected chi connectivity index (χ2v) is 5.34. The minimum Gasteiger partial charge on any atom is -0.398 e. The molecule has 1 rings (SSSR count). The summed E-state index contributed by atoms with van der Waals surface area (Å²) in [5.74, 6) is 0.160. The normalized spacial score (nSPS) is 11.2. The highest BCUT2D eigenvalue weighted by atomic mass is 16.5. The molecule has 0 fully saturated rings. The maximum absolute atomic E-state index is 11.1. The van der Waals surface area contributed by atoms with Gasteiger partial charge in [0.1, 0.15) is 0 Å². The van der Waals surface area contributed by atoms with Gasteiger partial charge in [-0.2, -0.15) is 0 Å². The Kier molecular flexibility index (Phi) is 7.04. The van der Waals surface area contributed by atoms with Crippen molar-refractivity contribution in [3.05, 3.63) is 29.8 Å². The van der Waals surface area contributed by atoms with E-state index < -0.39 is 0 Å². The van der Waals surface area contributed by atoms with Crippen molar-refractivity contribution < 1.29 is 9.53 Å². The van der Waals surface area contributed by atoms with Crippen molar-refractivity contribution in [2.75, 3.05) is 32.0 Å². The van der Waals surface area contributed by atoms with E-state index in [1.807, 2.05) is 29.2 Å². The number of hydrogen-bond donors (Lipinski definition) is 2. The highest BCUT2D eigenvalue weighted by molar-refractivity contribution is 5.75.